The first kappa shape index (κ1) is 16.1. The van der Waals surface area contributed by atoms with Crippen LogP contribution in [0.3, 0.4) is 0 Å². The number of methoxy groups -OCH3 is 1. The number of carbonyl (C=O) groups is 2. The van der Waals surface area contributed by atoms with E-state index in [1.54, 1.807) is 0 Å². The van der Waals surface area contributed by atoms with Gasteiger partial charge in [-0.2, -0.15) is 0 Å². The van der Waals surface area contributed by atoms with Gasteiger partial charge < -0.3 is 21.1 Å². The quantitative estimate of drug-likeness (QED) is 0.728. The van der Waals surface area contributed by atoms with E-state index in [0.29, 0.717) is 5.69 Å². The average molecular weight is 283 g/mol. The van der Waals surface area contributed by atoms with Crippen molar-refractivity contribution in [3.05, 3.63) is 24.0 Å². The lowest BCUT2D eigenvalue weighted by Crippen LogP contribution is -2.28. The predicted octanol–water partition coefficient (Wildman–Crippen LogP) is 1.09. The van der Waals surface area contributed by atoms with E-state index in [1.165, 1.54) is 26.2 Å². The first-order valence-corrected chi connectivity index (χ1v) is 6.06. The van der Waals surface area contributed by atoms with Crippen LogP contribution in [0, 0.1) is 5.82 Å². The number of carbonyl (C=O) groups excluding carboxylic acids is 2. The summed E-state index contributed by atoms with van der Waals surface area (Å²) < 4.78 is 18.6. The number of nitrogens with two attached hydrogens (primary N) is 1. The highest BCUT2D eigenvalue weighted by molar-refractivity contribution is 5.93. The second-order valence-electron chi connectivity index (χ2n) is 4.22. The number of hydrogen-bond acceptors (Lipinski definition) is 4. The fourth-order valence-corrected chi connectivity index (χ4v) is 1.57. The fourth-order valence-electron chi connectivity index (χ4n) is 1.57. The zero-order valence-electron chi connectivity index (χ0n) is 11.4. The van der Waals surface area contributed by atoms with Gasteiger partial charge in [-0.1, -0.05) is 0 Å². The van der Waals surface area contributed by atoms with Crippen LogP contribution in [0.1, 0.15) is 13.3 Å². The number of nitrogens with one attached hydrogen (secondary N) is 2. The Labute approximate surface area is 116 Å². The molecule has 0 aliphatic rings. The Morgan fingerprint density at radius 3 is 2.65 bits per heavy atom. The van der Waals surface area contributed by atoms with Crippen molar-refractivity contribution in [2.45, 2.75) is 19.4 Å². The summed E-state index contributed by atoms with van der Waals surface area (Å²) >= 11 is 0. The number of anilines is 2. The van der Waals surface area contributed by atoms with Crippen molar-refractivity contribution in [3.63, 3.8) is 0 Å². The van der Waals surface area contributed by atoms with Crippen LogP contribution in [-0.4, -0.2) is 31.6 Å². The van der Waals surface area contributed by atoms with Gasteiger partial charge in [0, 0.05) is 26.3 Å². The van der Waals surface area contributed by atoms with Crippen LogP contribution in [-0.2, 0) is 14.3 Å². The lowest BCUT2D eigenvalue weighted by Gasteiger charge is -2.13. The molecule has 1 aromatic rings. The molecule has 0 aliphatic heterocycles. The van der Waals surface area contributed by atoms with Crippen LogP contribution in [0.2, 0.25) is 0 Å². The van der Waals surface area contributed by atoms with E-state index in [0.717, 1.165) is 6.07 Å². The van der Waals surface area contributed by atoms with E-state index < -0.39 is 17.8 Å². The van der Waals surface area contributed by atoms with Gasteiger partial charge in [-0.15, -0.1) is 0 Å². The van der Waals surface area contributed by atoms with E-state index >= 15 is 0 Å². The number of ether oxygens (including phenoxy) is 1. The van der Waals surface area contributed by atoms with Crippen LogP contribution in [0.15, 0.2) is 18.2 Å². The Hall–Kier alpha value is -1.99. The monoisotopic (exact) mass is 283 g/mol. The van der Waals surface area contributed by atoms with Gasteiger partial charge in [-0.05, 0) is 18.2 Å². The standard InChI is InChI=1S/C13H18FN3O3/c1-8(18)16-9-3-4-11(14)12(5-9)17-13(19)6-10(7-15)20-2/h3-5,10H,6-7,15H2,1-2H3,(H,16,18)(H,17,19). The van der Waals surface area contributed by atoms with Crippen LogP contribution >= 0.6 is 0 Å². The highest BCUT2D eigenvalue weighted by Gasteiger charge is 2.13. The number of halogens is 1. The Morgan fingerprint density at radius 1 is 1.40 bits per heavy atom. The molecule has 0 heterocycles. The maximum absolute atomic E-state index is 13.6. The van der Waals surface area contributed by atoms with Crippen molar-refractivity contribution in [2.75, 3.05) is 24.3 Å². The third-order valence-electron chi connectivity index (χ3n) is 2.57. The molecule has 1 unspecified atom stereocenters. The van der Waals surface area contributed by atoms with Crippen molar-refractivity contribution in [1.82, 2.24) is 0 Å². The second-order valence-corrected chi connectivity index (χ2v) is 4.22. The summed E-state index contributed by atoms with van der Waals surface area (Å²) in [5.74, 6) is -1.29. The Bertz CT molecular complexity index is 490. The molecule has 4 N–H and O–H groups in total. The summed E-state index contributed by atoms with van der Waals surface area (Å²) in [7, 11) is 1.45. The molecule has 1 atom stereocenters. The maximum atomic E-state index is 13.6. The van der Waals surface area contributed by atoms with Crippen LogP contribution in [0.25, 0.3) is 0 Å². The molecule has 7 heteroatoms. The van der Waals surface area contributed by atoms with E-state index in [4.69, 9.17) is 10.5 Å². The largest absolute Gasteiger partial charge is 0.380 e. The Balaban J connectivity index is 2.75. The normalized spacial score (nSPS) is 11.8. The molecule has 0 radical (unpaired) electrons. The van der Waals surface area contributed by atoms with Crippen LogP contribution < -0.4 is 16.4 Å². The summed E-state index contributed by atoms with van der Waals surface area (Å²) in [5, 5.41) is 4.93. The SMILES string of the molecule is COC(CN)CC(=O)Nc1cc(NC(C)=O)ccc1F. The summed E-state index contributed by atoms with van der Waals surface area (Å²) in [5.41, 5.74) is 5.80. The van der Waals surface area contributed by atoms with Crippen molar-refractivity contribution in [2.24, 2.45) is 5.73 Å². The molecule has 0 bridgehead atoms. The van der Waals surface area contributed by atoms with Crippen LogP contribution in [0.5, 0.6) is 0 Å². The molecule has 110 valence electrons. The van der Waals surface area contributed by atoms with Gasteiger partial charge in [-0.3, -0.25) is 9.59 Å². The average Bonchev–Trinajstić information content (AvgIpc) is 2.39. The predicted molar refractivity (Wildman–Crippen MR) is 73.8 cm³/mol. The smallest absolute Gasteiger partial charge is 0.227 e. The third kappa shape index (κ3) is 4.94. The molecule has 20 heavy (non-hydrogen) atoms. The summed E-state index contributed by atoms with van der Waals surface area (Å²) in [4.78, 5) is 22.7. The minimum atomic E-state index is -0.589. The minimum Gasteiger partial charge on any atom is -0.380 e. The molecule has 0 fully saturated rings. The van der Waals surface area contributed by atoms with E-state index in [-0.39, 0.29) is 24.6 Å². The highest BCUT2D eigenvalue weighted by Crippen LogP contribution is 2.20. The molecule has 6 nitrogen and oxygen atoms in total. The van der Waals surface area contributed by atoms with Crippen molar-refractivity contribution >= 4 is 23.2 Å². The fraction of sp³-hybridized carbons (Fsp3) is 0.385. The Morgan fingerprint density at radius 2 is 2.10 bits per heavy atom. The van der Waals surface area contributed by atoms with Crippen molar-refractivity contribution < 1.29 is 18.7 Å². The number of rotatable bonds is 6. The highest BCUT2D eigenvalue weighted by atomic mass is 19.1. The maximum Gasteiger partial charge on any atom is 0.227 e. The zero-order valence-corrected chi connectivity index (χ0v) is 11.4. The summed E-state index contributed by atoms with van der Waals surface area (Å²) in [6.07, 6.45) is -0.395. The van der Waals surface area contributed by atoms with Crippen molar-refractivity contribution in [1.29, 1.82) is 0 Å². The lowest BCUT2D eigenvalue weighted by molar-refractivity contribution is -0.118. The zero-order chi connectivity index (χ0) is 15.1. The molecule has 1 aromatic carbocycles. The van der Waals surface area contributed by atoms with Crippen LogP contribution in [0.4, 0.5) is 15.8 Å². The third-order valence-corrected chi connectivity index (χ3v) is 2.57. The molecule has 0 spiro atoms. The van der Waals surface area contributed by atoms with Gasteiger partial charge >= 0.3 is 0 Å². The summed E-state index contributed by atoms with van der Waals surface area (Å²) in [6.45, 7) is 1.53. The van der Waals surface area contributed by atoms with E-state index in [9.17, 15) is 14.0 Å². The van der Waals surface area contributed by atoms with E-state index in [1.807, 2.05) is 0 Å². The van der Waals surface area contributed by atoms with Crippen molar-refractivity contribution in [3.8, 4) is 0 Å². The first-order chi connectivity index (χ1) is 9.46. The van der Waals surface area contributed by atoms with Gasteiger partial charge in [0.25, 0.3) is 0 Å². The molecule has 2 amide bonds. The first-order valence-electron chi connectivity index (χ1n) is 6.06. The molecule has 1 rings (SSSR count). The topological polar surface area (TPSA) is 93.4 Å². The second kappa shape index (κ2) is 7.56. The van der Waals surface area contributed by atoms with Gasteiger partial charge in [0.2, 0.25) is 11.8 Å². The van der Waals surface area contributed by atoms with Gasteiger partial charge in [0.15, 0.2) is 0 Å². The van der Waals surface area contributed by atoms with Gasteiger partial charge in [0.05, 0.1) is 18.2 Å². The number of benzene rings is 1. The minimum absolute atomic E-state index is 0.00637. The van der Waals surface area contributed by atoms with Gasteiger partial charge in [-0.25, -0.2) is 4.39 Å². The molecular formula is C13H18FN3O3. The summed E-state index contributed by atoms with van der Waals surface area (Å²) in [6, 6.07) is 3.92. The Kier molecular flexibility index (Phi) is 6.08. The number of amides is 2. The molecule has 0 saturated carbocycles. The molecule has 0 saturated heterocycles. The lowest BCUT2D eigenvalue weighted by atomic mass is 10.2. The van der Waals surface area contributed by atoms with Gasteiger partial charge in [0.1, 0.15) is 5.82 Å². The molecule has 0 aromatic heterocycles. The van der Waals surface area contributed by atoms with E-state index in [2.05, 4.69) is 10.6 Å². The molecular weight excluding hydrogens is 265 g/mol. The number of hydrogen-bond donors (Lipinski definition) is 3. The molecule has 0 aliphatic carbocycles.